The van der Waals surface area contributed by atoms with E-state index in [2.05, 4.69) is 20.8 Å². The van der Waals surface area contributed by atoms with E-state index in [1.807, 2.05) is 31.2 Å². The van der Waals surface area contributed by atoms with Gasteiger partial charge < -0.3 is 9.73 Å². The van der Waals surface area contributed by atoms with Crippen molar-refractivity contribution in [2.24, 2.45) is 10.1 Å². The minimum Gasteiger partial charge on any atom is -0.459 e. The fourth-order valence-electron chi connectivity index (χ4n) is 2.12. The molecule has 0 radical (unpaired) electrons. The highest BCUT2D eigenvalue weighted by Crippen LogP contribution is 2.17. The molecule has 0 atom stereocenters. The van der Waals surface area contributed by atoms with Crippen molar-refractivity contribution in [3.63, 3.8) is 0 Å². The summed E-state index contributed by atoms with van der Waals surface area (Å²) in [7, 11) is 0. The predicted octanol–water partition coefficient (Wildman–Crippen LogP) is 3.34. The molecule has 0 spiro atoms. The van der Waals surface area contributed by atoms with Gasteiger partial charge in [0.25, 0.3) is 0 Å². The molecular formula is C17H18N4O2S. The summed E-state index contributed by atoms with van der Waals surface area (Å²) in [5.74, 6) is 0.965. The van der Waals surface area contributed by atoms with Crippen LogP contribution in [0.1, 0.15) is 29.5 Å². The van der Waals surface area contributed by atoms with Gasteiger partial charge in [0.15, 0.2) is 10.9 Å². The van der Waals surface area contributed by atoms with Crippen LogP contribution in [0.25, 0.3) is 0 Å². The Bertz CT molecular complexity index is 751. The van der Waals surface area contributed by atoms with Crippen LogP contribution in [0.4, 0.5) is 5.69 Å². The summed E-state index contributed by atoms with van der Waals surface area (Å²) in [6.45, 7) is 2.72. The zero-order chi connectivity index (χ0) is 16.8. The summed E-state index contributed by atoms with van der Waals surface area (Å²) >= 11 is 1.74. The maximum atomic E-state index is 11.8. The molecule has 0 saturated carbocycles. The number of benzene rings is 1. The molecule has 7 heteroatoms. The summed E-state index contributed by atoms with van der Waals surface area (Å²) in [6.07, 6.45) is 2.58. The molecular weight excluding hydrogens is 324 g/mol. The summed E-state index contributed by atoms with van der Waals surface area (Å²) in [4.78, 5) is 16.2. The Balaban J connectivity index is 1.60. The average molecular weight is 342 g/mol. The van der Waals surface area contributed by atoms with Crippen LogP contribution in [0.15, 0.2) is 57.2 Å². The molecule has 0 saturated heterocycles. The van der Waals surface area contributed by atoms with Crippen molar-refractivity contribution in [2.45, 2.75) is 13.3 Å². The van der Waals surface area contributed by atoms with E-state index in [1.54, 1.807) is 23.9 Å². The summed E-state index contributed by atoms with van der Waals surface area (Å²) < 4.78 is 5.02. The molecule has 2 N–H and O–H groups in total. The van der Waals surface area contributed by atoms with Crippen LogP contribution in [-0.2, 0) is 0 Å². The molecule has 24 heavy (non-hydrogen) atoms. The zero-order valence-electron chi connectivity index (χ0n) is 13.3. The minimum atomic E-state index is -0.370. The number of hydrazone groups is 1. The quantitative estimate of drug-likeness (QED) is 0.660. The number of anilines is 1. The van der Waals surface area contributed by atoms with Gasteiger partial charge in [-0.1, -0.05) is 23.9 Å². The monoisotopic (exact) mass is 342 g/mol. The molecule has 1 aromatic carbocycles. The molecule has 0 bridgehead atoms. The molecule has 2 heterocycles. The van der Waals surface area contributed by atoms with Crippen LogP contribution in [0.2, 0.25) is 0 Å². The van der Waals surface area contributed by atoms with Crippen LogP contribution >= 0.6 is 11.8 Å². The number of carbonyl (C=O) groups is 1. The van der Waals surface area contributed by atoms with E-state index in [1.165, 1.54) is 6.26 Å². The van der Waals surface area contributed by atoms with Gasteiger partial charge >= 0.3 is 5.91 Å². The predicted molar refractivity (Wildman–Crippen MR) is 97.8 cm³/mol. The number of amidine groups is 1. The van der Waals surface area contributed by atoms with Crippen molar-refractivity contribution in [2.75, 3.05) is 17.6 Å². The van der Waals surface area contributed by atoms with Gasteiger partial charge in [0, 0.05) is 18.0 Å². The van der Waals surface area contributed by atoms with E-state index in [-0.39, 0.29) is 11.7 Å². The van der Waals surface area contributed by atoms with Crippen molar-refractivity contribution in [3.05, 3.63) is 54.0 Å². The maximum absolute atomic E-state index is 11.8. The van der Waals surface area contributed by atoms with Gasteiger partial charge in [-0.25, -0.2) is 5.43 Å². The lowest BCUT2D eigenvalue weighted by Crippen LogP contribution is -2.18. The number of hydrogen-bond acceptors (Lipinski definition) is 6. The largest absolute Gasteiger partial charge is 0.459 e. The van der Waals surface area contributed by atoms with Gasteiger partial charge in [-0.15, -0.1) is 0 Å². The van der Waals surface area contributed by atoms with E-state index >= 15 is 0 Å². The number of nitrogens with one attached hydrogen (secondary N) is 2. The van der Waals surface area contributed by atoms with Crippen LogP contribution in [0.5, 0.6) is 0 Å². The second-order valence-corrected chi connectivity index (χ2v) is 6.29. The van der Waals surface area contributed by atoms with E-state index in [9.17, 15) is 4.79 Å². The van der Waals surface area contributed by atoms with E-state index < -0.39 is 0 Å². The zero-order valence-corrected chi connectivity index (χ0v) is 14.1. The molecule has 1 amide bonds. The fraction of sp³-hybridized carbons (Fsp3) is 0.235. The molecule has 0 fully saturated rings. The molecule has 2 aromatic rings. The maximum Gasteiger partial charge on any atom is 0.307 e. The Morgan fingerprint density at radius 2 is 2.12 bits per heavy atom. The third-order valence-corrected chi connectivity index (χ3v) is 4.42. The third kappa shape index (κ3) is 4.26. The molecule has 6 nitrogen and oxygen atoms in total. The molecule has 1 aliphatic rings. The summed E-state index contributed by atoms with van der Waals surface area (Å²) in [6, 6.07) is 11.1. The number of aliphatic imine (C=N–C) groups is 1. The van der Waals surface area contributed by atoms with Crippen LogP contribution in [0.3, 0.4) is 0 Å². The van der Waals surface area contributed by atoms with Crippen molar-refractivity contribution in [1.82, 2.24) is 5.43 Å². The first-order valence-corrected chi connectivity index (χ1v) is 8.64. The summed E-state index contributed by atoms with van der Waals surface area (Å²) in [5, 5.41) is 8.37. The highest BCUT2D eigenvalue weighted by Gasteiger charge is 2.08. The number of carbonyl (C=O) groups excluding carboxylic acids is 1. The smallest absolute Gasteiger partial charge is 0.307 e. The van der Waals surface area contributed by atoms with Gasteiger partial charge in [0.1, 0.15) is 0 Å². The topological polar surface area (TPSA) is 79.0 Å². The molecule has 1 aliphatic heterocycles. The summed E-state index contributed by atoms with van der Waals surface area (Å²) in [5.41, 5.74) is 5.11. The molecule has 124 valence electrons. The van der Waals surface area contributed by atoms with E-state index in [4.69, 9.17) is 4.42 Å². The second kappa shape index (κ2) is 7.83. The Labute approximate surface area is 144 Å². The number of nitrogens with zero attached hydrogens (tertiary/aromatic N) is 2. The number of furan rings is 1. The first-order chi connectivity index (χ1) is 11.7. The number of amides is 1. The van der Waals surface area contributed by atoms with E-state index in [0.29, 0.717) is 5.71 Å². The van der Waals surface area contributed by atoms with Gasteiger partial charge in [-0.05, 0) is 43.2 Å². The number of thioether (sulfide) groups is 1. The van der Waals surface area contributed by atoms with Crippen LogP contribution < -0.4 is 10.7 Å². The molecule has 1 aromatic heterocycles. The van der Waals surface area contributed by atoms with Crippen molar-refractivity contribution >= 4 is 34.2 Å². The lowest BCUT2D eigenvalue weighted by Gasteiger charge is -2.13. The van der Waals surface area contributed by atoms with Gasteiger partial charge in [-0.2, -0.15) is 5.10 Å². The van der Waals surface area contributed by atoms with Gasteiger partial charge in [0.05, 0.1) is 12.0 Å². The van der Waals surface area contributed by atoms with Crippen LogP contribution in [0, 0.1) is 0 Å². The van der Waals surface area contributed by atoms with Gasteiger partial charge in [-0.3, -0.25) is 9.79 Å². The number of rotatable bonds is 4. The Hall–Kier alpha value is -2.54. The molecule has 0 aliphatic carbocycles. The Kier molecular flexibility index (Phi) is 5.32. The molecule has 3 rings (SSSR count). The number of hydrogen-bond donors (Lipinski definition) is 2. The van der Waals surface area contributed by atoms with Crippen molar-refractivity contribution in [1.29, 1.82) is 0 Å². The van der Waals surface area contributed by atoms with Crippen molar-refractivity contribution in [3.8, 4) is 0 Å². The van der Waals surface area contributed by atoms with Gasteiger partial charge in [0.2, 0.25) is 0 Å². The normalized spacial score (nSPS) is 14.9. The Morgan fingerprint density at radius 1 is 1.29 bits per heavy atom. The lowest BCUT2D eigenvalue weighted by atomic mass is 10.1. The molecule has 0 unspecified atom stereocenters. The van der Waals surface area contributed by atoms with E-state index in [0.717, 1.165) is 35.1 Å². The minimum absolute atomic E-state index is 0.233. The highest BCUT2D eigenvalue weighted by atomic mass is 32.2. The van der Waals surface area contributed by atoms with Crippen LogP contribution in [-0.4, -0.2) is 29.1 Å². The standard InChI is InChI=1S/C17H18N4O2S/c1-12(20-21-16(22)15-4-2-10-23-15)13-5-7-14(8-6-13)19-17-18-9-3-11-24-17/h2,4-8,10H,3,9,11H2,1H3,(H,18,19)(H,21,22)/b20-12-. The first-order valence-electron chi connectivity index (χ1n) is 7.65. The fourth-order valence-corrected chi connectivity index (χ4v) is 2.95. The van der Waals surface area contributed by atoms with Crippen molar-refractivity contribution < 1.29 is 9.21 Å². The average Bonchev–Trinajstić information content (AvgIpc) is 3.16. The third-order valence-electron chi connectivity index (χ3n) is 3.42. The second-order valence-electron chi connectivity index (χ2n) is 5.21. The lowest BCUT2D eigenvalue weighted by molar-refractivity contribution is 0.0927. The highest BCUT2D eigenvalue weighted by molar-refractivity contribution is 8.14. The first kappa shape index (κ1) is 16.3. The Morgan fingerprint density at radius 3 is 2.79 bits per heavy atom. The SMILES string of the molecule is C/C(=N/NC(=O)c1ccco1)c1ccc(NC2=NCCCS2)cc1.